The maximum absolute atomic E-state index is 14.2. The number of carbonyl (C=O) groups excluding carboxylic acids is 1. The lowest BCUT2D eigenvalue weighted by Gasteiger charge is -2.26. The molecule has 1 N–H and O–H groups in total. The first kappa shape index (κ1) is 21.2. The Labute approximate surface area is 164 Å². The van der Waals surface area contributed by atoms with Crippen LogP contribution >= 0.6 is 0 Å². The number of piperidine rings is 1. The number of rotatable bonds is 6. The molecule has 1 amide bonds. The smallest absolute Gasteiger partial charge is 0.251 e. The number of halogens is 1. The quantitative estimate of drug-likeness (QED) is 0.714. The van der Waals surface area contributed by atoms with Crippen molar-refractivity contribution in [1.29, 1.82) is 0 Å². The molecule has 2 aliphatic rings. The second-order valence-corrected chi connectivity index (χ2v) is 10.9. The van der Waals surface area contributed by atoms with Crippen molar-refractivity contribution in [3.8, 4) is 0 Å². The molecule has 1 aromatic rings. The maximum atomic E-state index is 14.2. The van der Waals surface area contributed by atoms with E-state index in [1.807, 2.05) is 0 Å². The van der Waals surface area contributed by atoms with E-state index in [0.717, 1.165) is 31.4 Å². The molecule has 0 bridgehead atoms. The van der Waals surface area contributed by atoms with Gasteiger partial charge in [-0.1, -0.05) is 6.42 Å². The zero-order valence-corrected chi connectivity index (χ0v) is 17.1. The van der Waals surface area contributed by atoms with Crippen molar-refractivity contribution in [3.05, 3.63) is 29.6 Å². The zero-order valence-electron chi connectivity index (χ0n) is 15.4. The van der Waals surface area contributed by atoms with Crippen LogP contribution in [0.2, 0.25) is 0 Å². The van der Waals surface area contributed by atoms with Crippen LogP contribution in [0.5, 0.6) is 0 Å². The normalized spacial score (nSPS) is 20.9. The second kappa shape index (κ2) is 8.44. The van der Waals surface area contributed by atoms with Crippen molar-refractivity contribution in [2.24, 2.45) is 0 Å². The number of carbonyl (C=O) groups is 1. The van der Waals surface area contributed by atoms with Gasteiger partial charge in [0.05, 0.1) is 5.75 Å². The lowest BCUT2D eigenvalue weighted by molar-refractivity contribution is 0.0951. The van der Waals surface area contributed by atoms with E-state index in [4.69, 9.17) is 0 Å². The summed E-state index contributed by atoms with van der Waals surface area (Å²) in [5, 5.41) is 2.57. The van der Waals surface area contributed by atoms with E-state index in [1.54, 1.807) is 0 Å². The molecule has 2 fully saturated rings. The lowest BCUT2D eigenvalue weighted by Crippen LogP contribution is -2.37. The molecule has 3 rings (SSSR count). The highest BCUT2D eigenvalue weighted by Crippen LogP contribution is 2.24. The number of benzene rings is 1. The van der Waals surface area contributed by atoms with Gasteiger partial charge in [0.1, 0.15) is 10.7 Å². The Morgan fingerprint density at radius 3 is 2.46 bits per heavy atom. The summed E-state index contributed by atoms with van der Waals surface area (Å²) in [5.41, 5.74) is 0.0151. The predicted molar refractivity (Wildman–Crippen MR) is 101 cm³/mol. The number of nitrogens with zero attached hydrogens (tertiary/aromatic N) is 2. The van der Waals surface area contributed by atoms with Crippen LogP contribution in [-0.4, -0.2) is 69.8 Å². The minimum Gasteiger partial charge on any atom is -0.351 e. The highest BCUT2D eigenvalue weighted by molar-refractivity contribution is 7.89. The fourth-order valence-corrected chi connectivity index (χ4v) is 6.56. The lowest BCUT2D eigenvalue weighted by atomic mass is 10.2. The van der Waals surface area contributed by atoms with Crippen LogP contribution in [0.4, 0.5) is 4.39 Å². The predicted octanol–water partition coefficient (Wildman–Crippen LogP) is 0.766. The Balaban J connectivity index is 1.69. The Morgan fingerprint density at radius 1 is 1.11 bits per heavy atom. The van der Waals surface area contributed by atoms with Crippen LogP contribution in [0.1, 0.15) is 36.0 Å². The first-order valence-corrected chi connectivity index (χ1v) is 12.3. The van der Waals surface area contributed by atoms with E-state index in [0.29, 0.717) is 26.1 Å². The molecule has 0 aromatic heterocycles. The van der Waals surface area contributed by atoms with Crippen molar-refractivity contribution in [2.75, 3.05) is 38.5 Å². The van der Waals surface area contributed by atoms with Gasteiger partial charge in [-0.3, -0.25) is 4.79 Å². The largest absolute Gasteiger partial charge is 0.351 e. The number of hydrogen-bond donors (Lipinski definition) is 1. The summed E-state index contributed by atoms with van der Waals surface area (Å²) in [4.78, 5) is 11.8. The van der Waals surface area contributed by atoms with Crippen molar-refractivity contribution < 1.29 is 26.0 Å². The summed E-state index contributed by atoms with van der Waals surface area (Å²) in [7, 11) is -7.25. The van der Waals surface area contributed by atoms with Gasteiger partial charge in [0.2, 0.25) is 20.0 Å². The van der Waals surface area contributed by atoms with E-state index in [9.17, 15) is 26.0 Å². The van der Waals surface area contributed by atoms with Gasteiger partial charge in [-0.15, -0.1) is 0 Å². The van der Waals surface area contributed by atoms with Gasteiger partial charge in [-0.2, -0.15) is 4.31 Å². The molecular weight excluding hydrogens is 409 g/mol. The summed E-state index contributed by atoms with van der Waals surface area (Å²) < 4.78 is 65.7. The number of amides is 1. The van der Waals surface area contributed by atoms with Crippen LogP contribution in [0.3, 0.4) is 0 Å². The molecule has 2 saturated heterocycles. The van der Waals surface area contributed by atoms with E-state index in [2.05, 4.69) is 5.32 Å². The van der Waals surface area contributed by atoms with Gasteiger partial charge >= 0.3 is 0 Å². The molecule has 2 heterocycles. The summed E-state index contributed by atoms with van der Waals surface area (Å²) in [6, 6.07) is 3.23. The van der Waals surface area contributed by atoms with E-state index >= 15 is 0 Å². The van der Waals surface area contributed by atoms with Gasteiger partial charge in [0.15, 0.2) is 0 Å². The van der Waals surface area contributed by atoms with Gasteiger partial charge in [0, 0.05) is 38.3 Å². The third kappa shape index (κ3) is 4.53. The van der Waals surface area contributed by atoms with Crippen LogP contribution in [0, 0.1) is 5.82 Å². The third-order valence-electron chi connectivity index (χ3n) is 4.98. The van der Waals surface area contributed by atoms with Crippen LogP contribution in [-0.2, 0) is 20.0 Å². The SMILES string of the molecule is O=C(NCCN1CCCS1(=O)=O)c1ccc(F)c(S(=O)(=O)N2CCCCC2)c1. The molecule has 0 unspecified atom stereocenters. The molecule has 0 atom stereocenters. The monoisotopic (exact) mass is 433 g/mol. The first-order valence-electron chi connectivity index (χ1n) is 9.27. The summed E-state index contributed by atoms with van der Waals surface area (Å²) in [5.74, 6) is -1.37. The molecular formula is C17H24FN3O5S2. The second-order valence-electron chi connectivity index (χ2n) is 6.93. The van der Waals surface area contributed by atoms with E-state index in [-0.39, 0.29) is 24.4 Å². The molecule has 1 aromatic carbocycles. The van der Waals surface area contributed by atoms with Gasteiger partial charge in [-0.05, 0) is 37.5 Å². The molecule has 156 valence electrons. The molecule has 2 aliphatic heterocycles. The Morgan fingerprint density at radius 2 is 1.82 bits per heavy atom. The van der Waals surface area contributed by atoms with Crippen molar-refractivity contribution in [2.45, 2.75) is 30.6 Å². The molecule has 28 heavy (non-hydrogen) atoms. The number of sulfonamides is 2. The highest BCUT2D eigenvalue weighted by atomic mass is 32.2. The summed E-state index contributed by atoms with van der Waals surface area (Å²) >= 11 is 0. The Hall–Kier alpha value is -1.56. The first-order chi connectivity index (χ1) is 13.2. The van der Waals surface area contributed by atoms with Crippen molar-refractivity contribution >= 4 is 26.0 Å². The van der Waals surface area contributed by atoms with Gasteiger partial charge in [0.25, 0.3) is 5.91 Å². The fraction of sp³-hybridized carbons (Fsp3) is 0.588. The molecule has 0 spiro atoms. The number of nitrogens with one attached hydrogen (secondary N) is 1. The van der Waals surface area contributed by atoms with Crippen LogP contribution in [0.15, 0.2) is 23.1 Å². The average molecular weight is 434 g/mol. The average Bonchev–Trinajstić information content (AvgIpc) is 3.01. The number of hydrogen-bond acceptors (Lipinski definition) is 5. The maximum Gasteiger partial charge on any atom is 0.251 e. The molecule has 8 nitrogen and oxygen atoms in total. The zero-order chi connectivity index (χ0) is 20.4. The standard InChI is InChI=1S/C17H24FN3O5S2/c18-15-6-5-14(13-16(15)28(25,26)21-8-2-1-3-9-21)17(22)19-7-11-20-10-4-12-27(20,23)24/h5-6,13H,1-4,7-12H2,(H,19,22). The van der Waals surface area contributed by atoms with Gasteiger partial charge in [-0.25, -0.2) is 25.5 Å². The molecule has 11 heteroatoms. The van der Waals surface area contributed by atoms with Crippen molar-refractivity contribution in [1.82, 2.24) is 13.9 Å². The topological polar surface area (TPSA) is 104 Å². The Bertz CT molecular complexity index is 944. The molecule has 0 saturated carbocycles. The minimum absolute atomic E-state index is 0.0151. The third-order valence-corrected chi connectivity index (χ3v) is 8.85. The molecule has 0 aliphatic carbocycles. The molecule has 0 radical (unpaired) electrons. The van der Waals surface area contributed by atoms with Crippen molar-refractivity contribution in [3.63, 3.8) is 0 Å². The van der Waals surface area contributed by atoms with Crippen LogP contribution in [0.25, 0.3) is 0 Å². The minimum atomic E-state index is -4.01. The summed E-state index contributed by atoms with van der Waals surface area (Å²) in [6.07, 6.45) is 2.94. The van der Waals surface area contributed by atoms with Crippen LogP contribution < -0.4 is 5.32 Å². The Kier molecular flexibility index (Phi) is 6.37. The summed E-state index contributed by atoms with van der Waals surface area (Å²) in [6.45, 7) is 1.33. The van der Waals surface area contributed by atoms with Gasteiger partial charge < -0.3 is 5.32 Å². The highest BCUT2D eigenvalue weighted by Gasteiger charge is 2.30. The van der Waals surface area contributed by atoms with E-state index < -0.39 is 36.7 Å². The van der Waals surface area contributed by atoms with E-state index in [1.165, 1.54) is 14.7 Å². The fourth-order valence-electron chi connectivity index (χ4n) is 3.43.